The molecule has 96 valence electrons. The number of anilines is 1. The number of methoxy groups -OCH3 is 1. The molecule has 0 aliphatic rings. The second kappa shape index (κ2) is 5.92. The predicted octanol–water partition coefficient (Wildman–Crippen LogP) is 3.68. The van der Waals surface area contributed by atoms with Gasteiger partial charge in [0.2, 0.25) is 0 Å². The lowest BCUT2D eigenvalue weighted by molar-refractivity contribution is 0.414. The molecule has 0 aliphatic carbocycles. The van der Waals surface area contributed by atoms with E-state index in [4.69, 9.17) is 4.74 Å². The SMILES string of the molecule is COc1cccc(C(C#N)Nc2ccccc2C)c1. The maximum absolute atomic E-state index is 9.34. The molecule has 0 saturated carbocycles. The molecule has 1 N–H and O–H groups in total. The fourth-order valence-corrected chi connectivity index (χ4v) is 1.90. The van der Waals surface area contributed by atoms with Crippen molar-refractivity contribution in [1.29, 1.82) is 5.26 Å². The van der Waals surface area contributed by atoms with Gasteiger partial charge >= 0.3 is 0 Å². The van der Waals surface area contributed by atoms with Crippen LogP contribution in [0.25, 0.3) is 0 Å². The Bertz CT molecular complexity index is 602. The number of nitriles is 1. The van der Waals surface area contributed by atoms with Gasteiger partial charge in [0.15, 0.2) is 0 Å². The Morgan fingerprint density at radius 1 is 1.16 bits per heavy atom. The first-order chi connectivity index (χ1) is 9.24. The summed E-state index contributed by atoms with van der Waals surface area (Å²) < 4.78 is 5.19. The number of aryl methyl sites for hydroxylation is 1. The Morgan fingerprint density at radius 3 is 2.63 bits per heavy atom. The minimum Gasteiger partial charge on any atom is -0.497 e. The first-order valence-corrected chi connectivity index (χ1v) is 6.10. The van der Waals surface area contributed by atoms with Crippen LogP contribution in [0, 0.1) is 18.3 Å². The van der Waals surface area contributed by atoms with E-state index in [1.807, 2.05) is 55.5 Å². The van der Waals surface area contributed by atoms with Crippen molar-refractivity contribution in [3.63, 3.8) is 0 Å². The second-order valence-corrected chi connectivity index (χ2v) is 4.30. The molecule has 1 unspecified atom stereocenters. The largest absolute Gasteiger partial charge is 0.497 e. The fourth-order valence-electron chi connectivity index (χ4n) is 1.90. The van der Waals surface area contributed by atoms with Crippen LogP contribution in [-0.4, -0.2) is 7.11 Å². The Morgan fingerprint density at radius 2 is 1.95 bits per heavy atom. The molecule has 0 saturated heterocycles. The van der Waals surface area contributed by atoms with Crippen LogP contribution >= 0.6 is 0 Å². The van der Waals surface area contributed by atoms with Gasteiger partial charge in [-0.15, -0.1) is 0 Å². The lowest BCUT2D eigenvalue weighted by Crippen LogP contribution is -2.09. The van der Waals surface area contributed by atoms with Crippen LogP contribution in [0.15, 0.2) is 48.5 Å². The molecular formula is C16H16N2O. The van der Waals surface area contributed by atoms with Gasteiger partial charge in [-0.05, 0) is 36.2 Å². The quantitative estimate of drug-likeness (QED) is 0.902. The molecule has 2 aromatic carbocycles. The van der Waals surface area contributed by atoms with Gasteiger partial charge in [-0.3, -0.25) is 0 Å². The molecule has 0 amide bonds. The first kappa shape index (κ1) is 13.0. The van der Waals surface area contributed by atoms with E-state index >= 15 is 0 Å². The van der Waals surface area contributed by atoms with Gasteiger partial charge in [0.05, 0.1) is 13.2 Å². The van der Waals surface area contributed by atoms with E-state index < -0.39 is 6.04 Å². The van der Waals surface area contributed by atoms with Crippen molar-refractivity contribution >= 4 is 5.69 Å². The number of hydrogen-bond donors (Lipinski definition) is 1. The molecule has 0 aliphatic heterocycles. The smallest absolute Gasteiger partial charge is 0.140 e. The van der Waals surface area contributed by atoms with Crippen molar-refractivity contribution in [2.45, 2.75) is 13.0 Å². The molecule has 0 spiro atoms. The Labute approximate surface area is 113 Å². The van der Waals surface area contributed by atoms with Crippen LogP contribution in [0.5, 0.6) is 5.75 Å². The van der Waals surface area contributed by atoms with Crippen molar-refractivity contribution in [2.24, 2.45) is 0 Å². The number of nitrogens with zero attached hydrogens (tertiary/aromatic N) is 1. The molecular weight excluding hydrogens is 236 g/mol. The van der Waals surface area contributed by atoms with E-state index in [1.54, 1.807) is 7.11 Å². The third kappa shape index (κ3) is 3.05. The van der Waals surface area contributed by atoms with Crippen molar-refractivity contribution in [3.8, 4) is 11.8 Å². The average molecular weight is 252 g/mol. The molecule has 3 heteroatoms. The zero-order valence-corrected chi connectivity index (χ0v) is 11.1. The minimum atomic E-state index is -0.392. The highest BCUT2D eigenvalue weighted by Gasteiger charge is 2.11. The molecule has 0 aromatic heterocycles. The molecule has 2 rings (SSSR count). The summed E-state index contributed by atoms with van der Waals surface area (Å²) in [5, 5.41) is 12.6. The third-order valence-electron chi connectivity index (χ3n) is 3.00. The van der Waals surface area contributed by atoms with Crippen molar-refractivity contribution < 1.29 is 4.74 Å². The van der Waals surface area contributed by atoms with Crippen LogP contribution in [-0.2, 0) is 0 Å². The predicted molar refractivity (Wildman–Crippen MR) is 76.1 cm³/mol. The Kier molecular flexibility index (Phi) is 4.04. The normalized spacial score (nSPS) is 11.4. The molecule has 0 fully saturated rings. The number of benzene rings is 2. The summed E-state index contributed by atoms with van der Waals surface area (Å²) >= 11 is 0. The summed E-state index contributed by atoms with van der Waals surface area (Å²) in [5.74, 6) is 0.754. The Hall–Kier alpha value is -2.47. The van der Waals surface area contributed by atoms with Gasteiger partial charge in [0.25, 0.3) is 0 Å². The van der Waals surface area contributed by atoms with E-state index in [0.29, 0.717) is 0 Å². The van der Waals surface area contributed by atoms with Crippen LogP contribution in [0.4, 0.5) is 5.69 Å². The summed E-state index contributed by atoms with van der Waals surface area (Å²) in [6.45, 7) is 2.02. The summed E-state index contributed by atoms with van der Waals surface area (Å²) in [4.78, 5) is 0. The van der Waals surface area contributed by atoms with E-state index in [-0.39, 0.29) is 0 Å². The zero-order valence-electron chi connectivity index (χ0n) is 11.1. The highest BCUT2D eigenvalue weighted by molar-refractivity contribution is 5.53. The molecule has 0 radical (unpaired) electrons. The van der Waals surface area contributed by atoms with Crippen molar-refractivity contribution in [2.75, 3.05) is 12.4 Å². The number of hydrogen-bond acceptors (Lipinski definition) is 3. The first-order valence-electron chi connectivity index (χ1n) is 6.10. The molecule has 2 aromatic rings. The second-order valence-electron chi connectivity index (χ2n) is 4.30. The van der Waals surface area contributed by atoms with Crippen LogP contribution in [0.3, 0.4) is 0 Å². The van der Waals surface area contributed by atoms with Crippen LogP contribution in [0.1, 0.15) is 17.2 Å². The van der Waals surface area contributed by atoms with Gasteiger partial charge in [-0.25, -0.2) is 0 Å². The molecule has 0 bridgehead atoms. The molecule has 19 heavy (non-hydrogen) atoms. The van der Waals surface area contributed by atoms with Crippen LogP contribution < -0.4 is 10.1 Å². The molecule has 3 nitrogen and oxygen atoms in total. The summed E-state index contributed by atoms with van der Waals surface area (Å²) in [7, 11) is 1.62. The molecule has 0 heterocycles. The van der Waals surface area contributed by atoms with Crippen LogP contribution in [0.2, 0.25) is 0 Å². The van der Waals surface area contributed by atoms with Gasteiger partial charge in [-0.1, -0.05) is 30.3 Å². The summed E-state index contributed by atoms with van der Waals surface area (Å²) in [6.07, 6.45) is 0. The van der Waals surface area contributed by atoms with Gasteiger partial charge in [0.1, 0.15) is 11.8 Å². The monoisotopic (exact) mass is 252 g/mol. The fraction of sp³-hybridized carbons (Fsp3) is 0.188. The molecule has 1 atom stereocenters. The van der Waals surface area contributed by atoms with Gasteiger partial charge in [0, 0.05) is 5.69 Å². The van der Waals surface area contributed by atoms with E-state index in [1.165, 1.54) is 0 Å². The van der Waals surface area contributed by atoms with E-state index in [9.17, 15) is 5.26 Å². The van der Waals surface area contributed by atoms with Gasteiger partial charge < -0.3 is 10.1 Å². The Balaban J connectivity index is 2.26. The van der Waals surface area contributed by atoms with Gasteiger partial charge in [-0.2, -0.15) is 5.26 Å². The number of ether oxygens (including phenoxy) is 1. The highest BCUT2D eigenvalue weighted by Crippen LogP contribution is 2.24. The minimum absolute atomic E-state index is 0.392. The van der Waals surface area contributed by atoms with Crippen molar-refractivity contribution in [3.05, 3.63) is 59.7 Å². The topological polar surface area (TPSA) is 45.0 Å². The van der Waals surface area contributed by atoms with E-state index in [0.717, 1.165) is 22.6 Å². The zero-order chi connectivity index (χ0) is 13.7. The van der Waals surface area contributed by atoms with E-state index in [2.05, 4.69) is 11.4 Å². The average Bonchev–Trinajstić information content (AvgIpc) is 2.46. The lowest BCUT2D eigenvalue weighted by atomic mass is 10.1. The van der Waals surface area contributed by atoms with Crippen molar-refractivity contribution in [1.82, 2.24) is 0 Å². The third-order valence-corrected chi connectivity index (χ3v) is 3.00. The highest BCUT2D eigenvalue weighted by atomic mass is 16.5. The number of para-hydroxylation sites is 1. The maximum Gasteiger partial charge on any atom is 0.140 e. The standard InChI is InChI=1S/C16H16N2O/c1-12-6-3-4-9-15(12)18-16(11-17)13-7-5-8-14(10-13)19-2/h3-10,16,18H,1-2H3. The summed E-state index contributed by atoms with van der Waals surface area (Å²) in [6, 6.07) is 17.4. The lowest BCUT2D eigenvalue weighted by Gasteiger charge is -2.15. The maximum atomic E-state index is 9.34. The number of rotatable bonds is 4. The summed E-state index contributed by atoms with van der Waals surface area (Å²) in [5.41, 5.74) is 2.98. The number of nitrogens with one attached hydrogen (secondary N) is 1.